The van der Waals surface area contributed by atoms with Gasteiger partial charge in [0, 0.05) is 36.4 Å². The highest BCUT2D eigenvalue weighted by molar-refractivity contribution is 5.70. The molecule has 0 unspecified atom stereocenters. The zero-order valence-electron chi connectivity index (χ0n) is 27.0. The highest BCUT2D eigenvalue weighted by Crippen LogP contribution is 2.21. The van der Waals surface area contributed by atoms with E-state index in [1.165, 1.54) is 0 Å². The average Bonchev–Trinajstić information content (AvgIpc) is 2.72. The van der Waals surface area contributed by atoms with Crippen LogP contribution >= 0.6 is 0 Å². The summed E-state index contributed by atoms with van der Waals surface area (Å²) in [5.41, 5.74) is -1.51. The van der Waals surface area contributed by atoms with Crippen molar-refractivity contribution in [3.05, 3.63) is 0 Å². The van der Waals surface area contributed by atoms with Crippen LogP contribution in [0, 0.1) is 16.2 Å². The van der Waals surface area contributed by atoms with Crippen LogP contribution in [0.3, 0.4) is 0 Å². The van der Waals surface area contributed by atoms with Gasteiger partial charge in [0.25, 0.3) is 0 Å². The standard InChI is InChI=1S/C30H59NO8/c1-26(2,3)38-24(32)13-15-36-22-29(8,9)23-37-20-27(4,5)17-31-18-30(10,11)39-25(33)14-16-35-21-28(6,7)19-34-12/h31H,13-23H2,1-12H3. The van der Waals surface area contributed by atoms with Gasteiger partial charge in [0.2, 0.25) is 0 Å². The van der Waals surface area contributed by atoms with E-state index in [2.05, 4.69) is 46.9 Å². The number of hydrogen-bond donors (Lipinski definition) is 1. The summed E-state index contributed by atoms with van der Waals surface area (Å²) in [5.74, 6) is -0.528. The van der Waals surface area contributed by atoms with Crippen molar-refractivity contribution in [2.24, 2.45) is 16.2 Å². The number of carbonyl (C=O) groups is 2. The largest absolute Gasteiger partial charge is 0.460 e. The van der Waals surface area contributed by atoms with Crippen molar-refractivity contribution in [2.75, 3.05) is 66.4 Å². The summed E-state index contributed by atoms with van der Waals surface area (Å²) in [6, 6.07) is 0. The van der Waals surface area contributed by atoms with Crippen LogP contribution in [0.5, 0.6) is 0 Å². The minimum absolute atomic E-state index is 0.0922. The number of hydrogen-bond acceptors (Lipinski definition) is 9. The second kappa shape index (κ2) is 16.9. The summed E-state index contributed by atoms with van der Waals surface area (Å²) in [7, 11) is 1.67. The summed E-state index contributed by atoms with van der Waals surface area (Å²) in [6.45, 7) is 26.5. The molecule has 0 saturated carbocycles. The van der Waals surface area contributed by atoms with E-state index in [4.69, 9.17) is 28.4 Å². The van der Waals surface area contributed by atoms with Gasteiger partial charge in [-0.2, -0.15) is 0 Å². The second-order valence-corrected chi connectivity index (χ2v) is 14.4. The molecule has 0 saturated heterocycles. The highest BCUT2D eigenvalue weighted by Gasteiger charge is 2.27. The molecule has 39 heavy (non-hydrogen) atoms. The fourth-order valence-electron chi connectivity index (χ4n) is 3.63. The Balaban J connectivity index is 4.20. The van der Waals surface area contributed by atoms with Crippen LogP contribution in [0.2, 0.25) is 0 Å². The van der Waals surface area contributed by atoms with Crippen molar-refractivity contribution >= 4 is 11.9 Å². The SMILES string of the molecule is COCC(C)(C)COCCC(=O)OC(C)(C)CNCC(C)(C)COCC(C)(C)COCCC(=O)OC(C)(C)C. The topological polar surface area (TPSA) is 102 Å². The molecule has 0 aromatic carbocycles. The maximum atomic E-state index is 12.3. The summed E-state index contributed by atoms with van der Waals surface area (Å²) in [6.07, 6.45) is 0.450. The Morgan fingerprint density at radius 2 is 1.00 bits per heavy atom. The lowest BCUT2D eigenvalue weighted by molar-refractivity contribution is -0.158. The van der Waals surface area contributed by atoms with E-state index >= 15 is 0 Å². The first-order valence-electron chi connectivity index (χ1n) is 14.0. The van der Waals surface area contributed by atoms with Gasteiger partial charge in [0.05, 0.1) is 59.1 Å². The van der Waals surface area contributed by atoms with Crippen LogP contribution in [-0.4, -0.2) is 89.6 Å². The summed E-state index contributed by atoms with van der Waals surface area (Å²) in [4.78, 5) is 24.1. The zero-order chi connectivity index (χ0) is 30.4. The molecule has 0 fully saturated rings. The van der Waals surface area contributed by atoms with E-state index in [1.807, 2.05) is 34.6 Å². The van der Waals surface area contributed by atoms with Gasteiger partial charge >= 0.3 is 11.9 Å². The maximum absolute atomic E-state index is 12.3. The first-order valence-corrected chi connectivity index (χ1v) is 14.0. The molecule has 0 rings (SSSR count). The highest BCUT2D eigenvalue weighted by atomic mass is 16.6. The molecule has 0 aliphatic rings. The van der Waals surface area contributed by atoms with Crippen LogP contribution in [-0.2, 0) is 38.0 Å². The Bertz CT molecular complexity index is 710. The molecular weight excluding hydrogens is 502 g/mol. The third-order valence-electron chi connectivity index (χ3n) is 5.37. The third kappa shape index (κ3) is 22.2. The van der Waals surface area contributed by atoms with E-state index in [9.17, 15) is 9.59 Å². The first-order chi connectivity index (χ1) is 17.7. The molecule has 0 aromatic rings. The van der Waals surface area contributed by atoms with E-state index in [-0.39, 0.29) is 41.0 Å². The van der Waals surface area contributed by atoms with Crippen molar-refractivity contribution in [1.29, 1.82) is 0 Å². The molecular formula is C30H59NO8. The average molecular weight is 562 g/mol. The lowest BCUT2D eigenvalue weighted by Gasteiger charge is -2.31. The molecule has 0 aliphatic heterocycles. The Hall–Kier alpha value is -1.26. The van der Waals surface area contributed by atoms with Gasteiger partial charge < -0.3 is 33.7 Å². The third-order valence-corrected chi connectivity index (χ3v) is 5.37. The lowest BCUT2D eigenvalue weighted by atomic mass is 9.93. The molecule has 0 aliphatic carbocycles. The monoisotopic (exact) mass is 561 g/mol. The molecule has 0 aromatic heterocycles. The van der Waals surface area contributed by atoms with Crippen molar-refractivity contribution < 1.29 is 38.0 Å². The Morgan fingerprint density at radius 1 is 0.564 bits per heavy atom. The molecule has 9 nitrogen and oxygen atoms in total. The normalized spacial score (nSPS) is 13.4. The molecule has 0 amide bonds. The molecule has 232 valence electrons. The quantitative estimate of drug-likeness (QED) is 0.156. The smallest absolute Gasteiger partial charge is 0.308 e. The van der Waals surface area contributed by atoms with Crippen molar-refractivity contribution in [3.63, 3.8) is 0 Å². The molecule has 1 N–H and O–H groups in total. The molecule has 0 heterocycles. The summed E-state index contributed by atoms with van der Waals surface area (Å²) in [5, 5.41) is 3.42. The number of carbonyl (C=O) groups excluding carboxylic acids is 2. The van der Waals surface area contributed by atoms with E-state index in [0.717, 1.165) is 0 Å². The van der Waals surface area contributed by atoms with Crippen molar-refractivity contribution in [1.82, 2.24) is 5.32 Å². The minimum Gasteiger partial charge on any atom is -0.460 e. The van der Waals surface area contributed by atoms with Crippen LogP contribution < -0.4 is 5.32 Å². The number of ether oxygens (including phenoxy) is 6. The minimum atomic E-state index is -0.637. The summed E-state index contributed by atoms with van der Waals surface area (Å²) < 4.78 is 33.5. The van der Waals surface area contributed by atoms with Gasteiger partial charge in [-0.15, -0.1) is 0 Å². The number of nitrogens with one attached hydrogen (secondary N) is 1. The Morgan fingerprint density at radius 3 is 1.49 bits per heavy atom. The van der Waals surface area contributed by atoms with Gasteiger partial charge in [-0.1, -0.05) is 41.5 Å². The van der Waals surface area contributed by atoms with Crippen molar-refractivity contribution in [2.45, 2.75) is 100 Å². The van der Waals surface area contributed by atoms with E-state index in [0.29, 0.717) is 59.3 Å². The molecule has 9 heteroatoms. The van der Waals surface area contributed by atoms with Crippen LogP contribution in [0.4, 0.5) is 0 Å². The lowest BCUT2D eigenvalue weighted by Crippen LogP contribution is -2.43. The van der Waals surface area contributed by atoms with Gasteiger partial charge in [-0.05, 0) is 34.6 Å². The predicted octanol–water partition coefficient (Wildman–Crippen LogP) is 4.79. The number of esters is 2. The zero-order valence-corrected chi connectivity index (χ0v) is 27.0. The van der Waals surface area contributed by atoms with Crippen LogP contribution in [0.1, 0.15) is 89.0 Å². The summed E-state index contributed by atoms with van der Waals surface area (Å²) >= 11 is 0. The fourth-order valence-corrected chi connectivity index (χ4v) is 3.63. The predicted molar refractivity (Wildman–Crippen MR) is 154 cm³/mol. The van der Waals surface area contributed by atoms with Gasteiger partial charge in [-0.25, -0.2) is 0 Å². The van der Waals surface area contributed by atoms with Gasteiger partial charge in [0.1, 0.15) is 11.2 Å². The van der Waals surface area contributed by atoms with Gasteiger partial charge in [-0.3, -0.25) is 9.59 Å². The fraction of sp³-hybridized carbons (Fsp3) is 0.933. The maximum Gasteiger partial charge on any atom is 0.308 e. The van der Waals surface area contributed by atoms with Crippen LogP contribution in [0.25, 0.3) is 0 Å². The number of methoxy groups -OCH3 is 1. The second-order valence-electron chi connectivity index (χ2n) is 14.4. The molecule has 0 radical (unpaired) electrons. The molecule has 0 spiro atoms. The van der Waals surface area contributed by atoms with E-state index < -0.39 is 11.2 Å². The van der Waals surface area contributed by atoms with Crippen LogP contribution in [0.15, 0.2) is 0 Å². The Labute approximate surface area is 238 Å². The van der Waals surface area contributed by atoms with Crippen molar-refractivity contribution in [3.8, 4) is 0 Å². The Kier molecular flexibility index (Phi) is 16.3. The first kappa shape index (κ1) is 37.7. The molecule has 0 atom stereocenters. The van der Waals surface area contributed by atoms with Gasteiger partial charge in [0.15, 0.2) is 0 Å². The van der Waals surface area contributed by atoms with E-state index in [1.54, 1.807) is 7.11 Å². The molecule has 0 bridgehead atoms. The number of rotatable bonds is 21.